The van der Waals surface area contributed by atoms with Crippen LogP contribution < -0.4 is 0 Å². The number of hydrogen-bond donors (Lipinski definition) is 0. The summed E-state index contributed by atoms with van der Waals surface area (Å²) in [5, 5.41) is 0. The fraction of sp³-hybridized carbons (Fsp3) is 0. The van der Waals surface area contributed by atoms with Gasteiger partial charge in [0.1, 0.15) is 0 Å². The van der Waals surface area contributed by atoms with Crippen LogP contribution in [0.1, 0.15) is 0 Å². The Morgan fingerprint density at radius 3 is 0.500 bits per heavy atom. The Bertz CT molecular complexity index is 22.0. The van der Waals surface area contributed by atoms with Crippen LogP contribution in [-0.4, -0.2) is 15.1 Å². The third-order valence-electron chi connectivity index (χ3n) is 0. The van der Waals surface area contributed by atoms with Crippen LogP contribution in [0.4, 0.5) is 25.9 Å². The summed E-state index contributed by atoms with van der Waals surface area (Å²) in [7, 11) is -7.33. The molecule has 0 aromatic rings. The summed E-state index contributed by atoms with van der Waals surface area (Å²) in [6.07, 6.45) is 0. The maximum atomic E-state index is 9.67. The van der Waals surface area contributed by atoms with Crippen LogP contribution >= 0.6 is 0 Å². The maximum Gasteiger partial charge on any atom is 0.762 e. The van der Waals surface area contributed by atoms with Crippen molar-refractivity contribution in [2.45, 2.75) is 0 Å². The normalized spacial score (nSPS) is 6.75. The second-order valence-corrected chi connectivity index (χ2v) is 0.495. The highest BCUT2D eigenvalue weighted by Crippen LogP contribution is 1.80. The molecule has 48 valence electrons. The standard InChI is InChI=1S/2BF3/c2*2-1(3)4. The molecular weight excluding hydrogens is 136 g/mol. The first-order valence-electron chi connectivity index (χ1n) is 1.31. The van der Waals surface area contributed by atoms with E-state index in [9.17, 15) is 25.9 Å². The van der Waals surface area contributed by atoms with Crippen molar-refractivity contribution < 1.29 is 25.9 Å². The van der Waals surface area contributed by atoms with Gasteiger partial charge in [-0.15, -0.1) is 0 Å². The molecule has 0 spiro atoms. The average Bonchev–Trinajstić information content (AvgIpc) is 1.25. The zero-order chi connectivity index (χ0) is 7.15. The Kier molecular flexibility index (Phi) is 8.93. The first-order valence-corrected chi connectivity index (χ1v) is 1.31. The summed E-state index contributed by atoms with van der Waals surface area (Å²) in [4.78, 5) is 0. The van der Waals surface area contributed by atoms with Crippen molar-refractivity contribution in [3.05, 3.63) is 0 Å². The van der Waals surface area contributed by atoms with Gasteiger partial charge in [0.05, 0.1) is 0 Å². The molecule has 0 aliphatic heterocycles. The van der Waals surface area contributed by atoms with Crippen molar-refractivity contribution in [1.82, 2.24) is 0 Å². The molecule has 0 aromatic carbocycles. The molecule has 0 nitrogen and oxygen atoms in total. The van der Waals surface area contributed by atoms with E-state index in [-0.39, 0.29) is 0 Å². The largest absolute Gasteiger partial charge is 0.762 e. The zero-order valence-corrected chi connectivity index (χ0v) is 3.42. The molecule has 0 bridgehead atoms. The molecule has 0 saturated carbocycles. The third kappa shape index (κ3) is 1500. The minimum absolute atomic E-state index is 3.67. The molecule has 8 heavy (non-hydrogen) atoms. The van der Waals surface area contributed by atoms with Crippen molar-refractivity contribution >= 4 is 15.1 Å². The SMILES string of the molecule is FB(F)F.FB(F)F. The fourth-order valence-corrected chi connectivity index (χ4v) is 0. The van der Waals surface area contributed by atoms with Gasteiger partial charge >= 0.3 is 15.1 Å². The Labute approximate surface area is 42.3 Å². The lowest BCUT2D eigenvalue weighted by Crippen LogP contribution is -1.76. The minimum Gasteiger partial charge on any atom is -0.254 e. The molecule has 0 aromatic heterocycles. The summed E-state index contributed by atoms with van der Waals surface area (Å²) >= 11 is 0. The molecule has 0 saturated heterocycles. The van der Waals surface area contributed by atoms with Gasteiger partial charge in [-0.3, -0.25) is 25.9 Å². The number of hydrogen-bond acceptors (Lipinski definition) is 0. The van der Waals surface area contributed by atoms with Crippen molar-refractivity contribution in [3.63, 3.8) is 0 Å². The van der Waals surface area contributed by atoms with E-state index >= 15 is 0 Å². The van der Waals surface area contributed by atoms with E-state index in [1.54, 1.807) is 0 Å². The van der Waals surface area contributed by atoms with Gasteiger partial charge < -0.3 is 0 Å². The Morgan fingerprint density at radius 2 is 0.500 bits per heavy atom. The highest BCUT2D eigenvalue weighted by Gasteiger charge is 2.06. The van der Waals surface area contributed by atoms with E-state index < -0.39 is 15.1 Å². The Hall–Kier alpha value is -0.290. The van der Waals surface area contributed by atoms with Crippen LogP contribution in [0, 0.1) is 0 Å². The van der Waals surface area contributed by atoms with E-state index in [1.807, 2.05) is 0 Å². The highest BCUT2D eigenvalue weighted by molar-refractivity contribution is 6.33. The second-order valence-electron chi connectivity index (χ2n) is 0.495. The van der Waals surface area contributed by atoms with Gasteiger partial charge in [-0.25, -0.2) is 0 Å². The van der Waals surface area contributed by atoms with Gasteiger partial charge in [-0.05, 0) is 0 Å². The monoisotopic (exact) mass is 136 g/mol. The Morgan fingerprint density at radius 1 is 0.500 bits per heavy atom. The van der Waals surface area contributed by atoms with Gasteiger partial charge in [-0.2, -0.15) is 0 Å². The molecule has 0 unspecified atom stereocenters. The van der Waals surface area contributed by atoms with Crippen LogP contribution in [-0.2, 0) is 0 Å². The smallest absolute Gasteiger partial charge is 0.254 e. The topological polar surface area (TPSA) is 0 Å². The van der Waals surface area contributed by atoms with Crippen LogP contribution in [0.15, 0.2) is 0 Å². The van der Waals surface area contributed by atoms with Gasteiger partial charge in [0.2, 0.25) is 0 Å². The number of rotatable bonds is 0. The zero-order valence-electron chi connectivity index (χ0n) is 3.42. The summed E-state index contributed by atoms with van der Waals surface area (Å²) < 4.78 is 58.0. The van der Waals surface area contributed by atoms with Crippen LogP contribution in [0.3, 0.4) is 0 Å². The van der Waals surface area contributed by atoms with Gasteiger partial charge in [0.25, 0.3) is 0 Å². The summed E-state index contributed by atoms with van der Waals surface area (Å²) in [6.45, 7) is 0. The molecule has 0 aliphatic carbocycles. The lowest BCUT2D eigenvalue weighted by atomic mass is 10.5. The predicted octanol–water partition coefficient (Wildman–Crippen LogP) is 1.76. The average molecular weight is 136 g/mol. The molecule has 0 heterocycles. The molecule has 0 atom stereocenters. The lowest BCUT2D eigenvalue weighted by Gasteiger charge is -1.55. The molecule has 0 aliphatic rings. The van der Waals surface area contributed by atoms with Crippen molar-refractivity contribution in [2.24, 2.45) is 0 Å². The van der Waals surface area contributed by atoms with Gasteiger partial charge in [0.15, 0.2) is 0 Å². The predicted molar refractivity (Wildman–Crippen MR) is 18.2 cm³/mol. The molecular formula is B2F6. The number of halogens is 6. The third-order valence-corrected chi connectivity index (χ3v) is 0. The molecule has 0 rings (SSSR count). The van der Waals surface area contributed by atoms with Crippen LogP contribution in [0.2, 0.25) is 0 Å². The summed E-state index contributed by atoms with van der Waals surface area (Å²) in [5.41, 5.74) is 0. The van der Waals surface area contributed by atoms with Crippen molar-refractivity contribution in [2.75, 3.05) is 0 Å². The molecule has 0 N–H and O–H groups in total. The molecule has 0 radical (unpaired) electrons. The van der Waals surface area contributed by atoms with Crippen LogP contribution in [0.5, 0.6) is 0 Å². The van der Waals surface area contributed by atoms with Crippen molar-refractivity contribution in [3.8, 4) is 0 Å². The van der Waals surface area contributed by atoms with E-state index in [1.165, 1.54) is 0 Å². The van der Waals surface area contributed by atoms with E-state index in [4.69, 9.17) is 0 Å². The quantitative estimate of drug-likeness (QED) is 0.351. The fourth-order valence-electron chi connectivity index (χ4n) is 0. The van der Waals surface area contributed by atoms with Crippen molar-refractivity contribution in [1.29, 1.82) is 0 Å². The van der Waals surface area contributed by atoms with E-state index in [0.29, 0.717) is 0 Å². The Balaban J connectivity index is 0. The van der Waals surface area contributed by atoms with E-state index in [0.717, 1.165) is 0 Å². The van der Waals surface area contributed by atoms with E-state index in [2.05, 4.69) is 0 Å². The molecule has 0 amide bonds. The van der Waals surface area contributed by atoms with Crippen LogP contribution in [0.25, 0.3) is 0 Å². The first-order chi connectivity index (χ1) is 3.46. The summed E-state index contributed by atoms with van der Waals surface area (Å²) in [5.74, 6) is 0. The summed E-state index contributed by atoms with van der Waals surface area (Å²) in [6, 6.07) is 0. The maximum absolute atomic E-state index is 9.67. The first kappa shape index (κ1) is 10.6. The molecule has 0 fully saturated rings. The highest BCUT2D eigenvalue weighted by atomic mass is 19.4. The van der Waals surface area contributed by atoms with Gasteiger partial charge in [-0.1, -0.05) is 0 Å². The minimum atomic E-state index is -3.67. The second kappa shape index (κ2) is 6.71. The molecule has 8 heteroatoms. The van der Waals surface area contributed by atoms with Gasteiger partial charge in [0, 0.05) is 0 Å². The lowest BCUT2D eigenvalue weighted by molar-refractivity contribution is 0.533.